The van der Waals surface area contributed by atoms with E-state index in [4.69, 9.17) is 0 Å². The Morgan fingerprint density at radius 1 is 1.10 bits per heavy atom. The summed E-state index contributed by atoms with van der Waals surface area (Å²) in [4.78, 5) is 13.7. The Hall–Kier alpha value is -1.87. The van der Waals surface area contributed by atoms with Crippen molar-refractivity contribution in [3.63, 3.8) is 0 Å². The first-order chi connectivity index (χ1) is 9.66. The lowest BCUT2D eigenvalue weighted by Gasteiger charge is -2.16. The fourth-order valence-corrected chi connectivity index (χ4v) is 2.23. The summed E-state index contributed by atoms with van der Waals surface area (Å²) < 4.78 is 1.02. The van der Waals surface area contributed by atoms with E-state index in [9.17, 15) is 4.79 Å². The molecule has 0 N–H and O–H groups in total. The van der Waals surface area contributed by atoms with Gasteiger partial charge in [0.2, 0.25) is 5.91 Å². The minimum absolute atomic E-state index is 0.00962. The Labute approximate surface area is 127 Å². The van der Waals surface area contributed by atoms with Crippen LogP contribution < -0.4 is 0 Å². The molecule has 0 aliphatic carbocycles. The summed E-state index contributed by atoms with van der Waals surface area (Å²) in [6, 6.07) is 17.7. The number of carbonyl (C=O) groups excluding carboxylic acids is 1. The van der Waals surface area contributed by atoms with Gasteiger partial charge in [0.25, 0.3) is 0 Å². The van der Waals surface area contributed by atoms with E-state index >= 15 is 0 Å². The van der Waals surface area contributed by atoms with Gasteiger partial charge in [-0.2, -0.15) is 0 Å². The zero-order valence-corrected chi connectivity index (χ0v) is 12.9. The minimum Gasteiger partial charge on any atom is -0.338 e. The van der Waals surface area contributed by atoms with Crippen LogP contribution in [0, 0.1) is 0 Å². The molecule has 0 unspecified atom stereocenters. The summed E-state index contributed by atoms with van der Waals surface area (Å²) in [7, 11) is 1.80. The molecule has 0 saturated carbocycles. The highest BCUT2D eigenvalue weighted by Gasteiger charge is 2.07. The van der Waals surface area contributed by atoms with Crippen molar-refractivity contribution in [3.05, 3.63) is 76.3 Å². The van der Waals surface area contributed by atoms with Crippen LogP contribution in [0.25, 0.3) is 6.08 Å². The van der Waals surface area contributed by atoms with Gasteiger partial charge in [-0.25, -0.2) is 0 Å². The van der Waals surface area contributed by atoms with E-state index in [1.165, 1.54) is 0 Å². The van der Waals surface area contributed by atoms with E-state index in [-0.39, 0.29) is 5.91 Å². The molecular formula is C17H16BrNO. The maximum atomic E-state index is 12.1. The molecule has 0 spiro atoms. The van der Waals surface area contributed by atoms with E-state index in [1.54, 1.807) is 18.0 Å². The van der Waals surface area contributed by atoms with Crippen LogP contribution in [0.15, 0.2) is 65.1 Å². The standard InChI is InChI=1S/C17H16BrNO/c1-19(13-15-9-5-6-10-16(15)18)17(20)12-11-14-7-3-2-4-8-14/h2-12H,13H2,1H3. The van der Waals surface area contributed by atoms with Crippen molar-refractivity contribution in [2.75, 3.05) is 7.05 Å². The number of nitrogens with zero attached hydrogens (tertiary/aromatic N) is 1. The van der Waals surface area contributed by atoms with Gasteiger partial charge in [-0.3, -0.25) is 4.79 Å². The summed E-state index contributed by atoms with van der Waals surface area (Å²) in [5, 5.41) is 0. The van der Waals surface area contributed by atoms with Crippen LogP contribution in [-0.2, 0) is 11.3 Å². The summed E-state index contributed by atoms with van der Waals surface area (Å²) in [6.07, 6.45) is 3.44. The first-order valence-electron chi connectivity index (χ1n) is 6.38. The van der Waals surface area contributed by atoms with Gasteiger partial charge in [0, 0.05) is 24.1 Å². The van der Waals surface area contributed by atoms with Crippen molar-refractivity contribution in [2.24, 2.45) is 0 Å². The molecule has 1 amide bonds. The van der Waals surface area contributed by atoms with Gasteiger partial charge in [-0.15, -0.1) is 0 Å². The fraction of sp³-hybridized carbons (Fsp3) is 0.118. The lowest BCUT2D eigenvalue weighted by Crippen LogP contribution is -2.24. The summed E-state index contributed by atoms with van der Waals surface area (Å²) >= 11 is 3.49. The second kappa shape index (κ2) is 7.06. The van der Waals surface area contributed by atoms with E-state index in [0.717, 1.165) is 15.6 Å². The number of rotatable bonds is 4. The van der Waals surface area contributed by atoms with Crippen molar-refractivity contribution in [2.45, 2.75) is 6.54 Å². The normalized spacial score (nSPS) is 10.7. The van der Waals surface area contributed by atoms with Gasteiger partial charge in [0.05, 0.1) is 0 Å². The average Bonchev–Trinajstić information content (AvgIpc) is 2.48. The van der Waals surface area contributed by atoms with Crippen LogP contribution in [0.4, 0.5) is 0 Å². The first-order valence-corrected chi connectivity index (χ1v) is 7.18. The van der Waals surface area contributed by atoms with Crippen molar-refractivity contribution in [1.29, 1.82) is 0 Å². The molecule has 2 rings (SSSR count). The Balaban J connectivity index is 1.99. The molecule has 102 valence electrons. The van der Waals surface area contributed by atoms with E-state index in [2.05, 4.69) is 15.9 Å². The van der Waals surface area contributed by atoms with Gasteiger partial charge in [0.1, 0.15) is 0 Å². The molecule has 0 fully saturated rings. The summed E-state index contributed by atoms with van der Waals surface area (Å²) in [5.74, 6) is -0.00962. The highest BCUT2D eigenvalue weighted by molar-refractivity contribution is 9.10. The number of hydrogen-bond donors (Lipinski definition) is 0. The molecule has 0 radical (unpaired) electrons. The van der Waals surface area contributed by atoms with Crippen LogP contribution in [-0.4, -0.2) is 17.9 Å². The third-order valence-corrected chi connectivity index (χ3v) is 3.73. The first kappa shape index (κ1) is 14.5. The molecule has 0 saturated heterocycles. The lowest BCUT2D eigenvalue weighted by atomic mass is 10.2. The number of likely N-dealkylation sites (N-methyl/N-ethyl adjacent to an activating group) is 1. The second-order valence-corrected chi connectivity index (χ2v) is 5.38. The molecule has 2 aromatic rings. The van der Waals surface area contributed by atoms with Crippen LogP contribution in [0.3, 0.4) is 0 Å². The SMILES string of the molecule is CN(Cc1ccccc1Br)C(=O)C=Cc1ccccc1. The van der Waals surface area contributed by atoms with Crippen molar-refractivity contribution >= 4 is 27.9 Å². The molecule has 0 aliphatic heterocycles. The largest absolute Gasteiger partial charge is 0.338 e. The van der Waals surface area contributed by atoms with Gasteiger partial charge < -0.3 is 4.90 Å². The molecule has 0 heterocycles. The topological polar surface area (TPSA) is 20.3 Å². The smallest absolute Gasteiger partial charge is 0.246 e. The van der Waals surface area contributed by atoms with Crippen LogP contribution in [0.5, 0.6) is 0 Å². The molecule has 20 heavy (non-hydrogen) atoms. The number of carbonyl (C=O) groups is 1. The van der Waals surface area contributed by atoms with E-state index < -0.39 is 0 Å². The average molecular weight is 330 g/mol. The maximum Gasteiger partial charge on any atom is 0.246 e. The van der Waals surface area contributed by atoms with E-state index in [1.807, 2.05) is 60.7 Å². The predicted molar refractivity (Wildman–Crippen MR) is 86.1 cm³/mol. The van der Waals surface area contributed by atoms with Gasteiger partial charge in [0.15, 0.2) is 0 Å². The third kappa shape index (κ3) is 4.07. The van der Waals surface area contributed by atoms with Crippen molar-refractivity contribution in [3.8, 4) is 0 Å². The highest BCUT2D eigenvalue weighted by atomic mass is 79.9. The number of amides is 1. The Morgan fingerprint density at radius 3 is 2.45 bits per heavy atom. The Kier molecular flexibility index (Phi) is 5.13. The summed E-state index contributed by atoms with van der Waals surface area (Å²) in [5.41, 5.74) is 2.12. The molecule has 0 aliphatic rings. The Bertz CT molecular complexity index is 607. The molecule has 2 nitrogen and oxygen atoms in total. The predicted octanol–water partition coefficient (Wildman–Crippen LogP) is 4.12. The van der Waals surface area contributed by atoms with Crippen molar-refractivity contribution in [1.82, 2.24) is 4.90 Å². The van der Waals surface area contributed by atoms with Crippen LogP contribution in [0.2, 0.25) is 0 Å². The molecule has 0 aromatic heterocycles. The zero-order valence-electron chi connectivity index (χ0n) is 11.3. The van der Waals surface area contributed by atoms with Crippen LogP contribution in [0.1, 0.15) is 11.1 Å². The second-order valence-electron chi connectivity index (χ2n) is 4.53. The minimum atomic E-state index is -0.00962. The lowest BCUT2D eigenvalue weighted by molar-refractivity contribution is -0.125. The molecule has 0 bridgehead atoms. The summed E-state index contributed by atoms with van der Waals surface area (Å²) in [6.45, 7) is 0.583. The molecule has 2 aromatic carbocycles. The number of hydrogen-bond acceptors (Lipinski definition) is 1. The van der Waals surface area contributed by atoms with Gasteiger partial charge in [-0.1, -0.05) is 64.5 Å². The molecular weight excluding hydrogens is 314 g/mol. The Morgan fingerprint density at radius 2 is 1.75 bits per heavy atom. The zero-order chi connectivity index (χ0) is 14.4. The van der Waals surface area contributed by atoms with Gasteiger partial charge >= 0.3 is 0 Å². The quantitative estimate of drug-likeness (QED) is 0.772. The number of benzene rings is 2. The number of halogens is 1. The maximum absolute atomic E-state index is 12.1. The van der Waals surface area contributed by atoms with Crippen molar-refractivity contribution < 1.29 is 4.79 Å². The molecule has 3 heteroatoms. The molecule has 0 atom stereocenters. The van der Waals surface area contributed by atoms with E-state index in [0.29, 0.717) is 6.54 Å². The third-order valence-electron chi connectivity index (χ3n) is 2.96. The van der Waals surface area contributed by atoms with Crippen LogP contribution >= 0.6 is 15.9 Å². The highest BCUT2D eigenvalue weighted by Crippen LogP contribution is 2.17. The fourth-order valence-electron chi connectivity index (χ4n) is 1.82. The van der Waals surface area contributed by atoms with Gasteiger partial charge in [-0.05, 0) is 23.3 Å². The monoisotopic (exact) mass is 329 g/mol.